The molecular weight excluding hydrogens is 332 g/mol. The molecule has 4 rings (SSSR count). The van der Waals surface area contributed by atoms with E-state index in [2.05, 4.69) is 22.6 Å². The molecule has 25 heavy (non-hydrogen) atoms. The molecule has 3 aromatic rings. The minimum atomic E-state index is 0.0863. The van der Waals surface area contributed by atoms with Crippen molar-refractivity contribution in [3.05, 3.63) is 52.1 Å². The van der Waals surface area contributed by atoms with Crippen molar-refractivity contribution in [2.24, 2.45) is 0 Å². The van der Waals surface area contributed by atoms with Crippen LogP contribution in [0.15, 0.2) is 35.8 Å². The third kappa shape index (κ3) is 3.31. The van der Waals surface area contributed by atoms with Gasteiger partial charge in [0.05, 0.1) is 17.9 Å². The van der Waals surface area contributed by atoms with E-state index in [1.54, 1.807) is 17.5 Å². The Labute approximate surface area is 151 Å². The van der Waals surface area contributed by atoms with E-state index in [1.165, 1.54) is 4.88 Å². The van der Waals surface area contributed by atoms with Crippen LogP contribution in [0.1, 0.15) is 48.0 Å². The highest BCUT2D eigenvalue weighted by atomic mass is 32.1. The molecule has 0 aliphatic carbocycles. The van der Waals surface area contributed by atoms with E-state index in [4.69, 9.17) is 4.98 Å². The fourth-order valence-corrected chi connectivity index (χ4v) is 4.34. The lowest BCUT2D eigenvalue weighted by atomic mass is 9.98. The molecule has 0 saturated carbocycles. The van der Waals surface area contributed by atoms with Crippen LogP contribution in [-0.4, -0.2) is 31.9 Å². The van der Waals surface area contributed by atoms with Gasteiger partial charge in [-0.2, -0.15) is 5.10 Å². The molecule has 1 aliphatic rings. The maximum atomic E-state index is 12.9. The van der Waals surface area contributed by atoms with Gasteiger partial charge in [0.2, 0.25) is 5.91 Å². The fraction of sp³-hybridized carbons (Fsp3) is 0.421. The first-order valence-corrected chi connectivity index (χ1v) is 9.73. The number of carbonyl (C=O) groups is 1. The molecule has 0 radical (unpaired) electrons. The minimum Gasteiger partial charge on any atom is -0.334 e. The number of nitrogens with zero attached hydrogens (tertiary/aromatic N) is 4. The molecule has 3 aromatic heterocycles. The Bertz CT molecular complexity index is 871. The van der Waals surface area contributed by atoms with Gasteiger partial charge in [-0.15, -0.1) is 11.3 Å². The van der Waals surface area contributed by atoms with Gasteiger partial charge in [0.1, 0.15) is 0 Å². The highest BCUT2D eigenvalue weighted by Gasteiger charge is 2.29. The summed E-state index contributed by atoms with van der Waals surface area (Å²) in [6, 6.07) is 8.23. The maximum Gasteiger partial charge on any atom is 0.223 e. The van der Waals surface area contributed by atoms with E-state index in [1.807, 2.05) is 28.5 Å². The molecule has 0 N–H and O–H groups in total. The molecule has 5 nitrogen and oxygen atoms in total. The Balaban J connectivity index is 1.56. The van der Waals surface area contributed by atoms with E-state index >= 15 is 0 Å². The van der Waals surface area contributed by atoms with E-state index < -0.39 is 0 Å². The lowest BCUT2D eigenvalue weighted by molar-refractivity contribution is -0.135. The van der Waals surface area contributed by atoms with Crippen molar-refractivity contribution in [2.45, 2.75) is 45.1 Å². The summed E-state index contributed by atoms with van der Waals surface area (Å²) >= 11 is 1.72. The van der Waals surface area contributed by atoms with Gasteiger partial charge in [0.25, 0.3) is 0 Å². The molecule has 6 heteroatoms. The van der Waals surface area contributed by atoms with Gasteiger partial charge >= 0.3 is 0 Å². The Morgan fingerprint density at radius 1 is 1.36 bits per heavy atom. The van der Waals surface area contributed by atoms with Gasteiger partial charge in [-0.25, -0.2) is 9.50 Å². The summed E-state index contributed by atoms with van der Waals surface area (Å²) in [4.78, 5) is 21.0. The average molecular weight is 354 g/mol. The molecule has 0 aromatic carbocycles. The summed E-state index contributed by atoms with van der Waals surface area (Å²) in [5.41, 5.74) is 2.91. The third-order valence-electron chi connectivity index (χ3n) is 4.89. The number of rotatable bonds is 4. The highest BCUT2D eigenvalue weighted by molar-refractivity contribution is 7.09. The highest BCUT2D eigenvalue weighted by Crippen LogP contribution is 2.31. The topological polar surface area (TPSA) is 50.5 Å². The molecule has 1 aliphatic heterocycles. The zero-order chi connectivity index (χ0) is 17.2. The number of likely N-dealkylation sites (tertiary alicyclic amines) is 1. The quantitative estimate of drug-likeness (QED) is 0.716. The van der Waals surface area contributed by atoms with Crippen LogP contribution in [0, 0.1) is 6.92 Å². The van der Waals surface area contributed by atoms with Gasteiger partial charge < -0.3 is 4.90 Å². The largest absolute Gasteiger partial charge is 0.334 e. The number of hydrogen-bond donors (Lipinski definition) is 0. The zero-order valence-corrected chi connectivity index (χ0v) is 15.2. The summed E-state index contributed by atoms with van der Waals surface area (Å²) in [5, 5.41) is 6.36. The number of fused-ring (bicyclic) bond motifs is 1. The van der Waals surface area contributed by atoms with Crippen LogP contribution in [0.2, 0.25) is 0 Å². The SMILES string of the molecule is Cc1cc([C@@H]2CCCCN2C(=O)CCc2cccs2)nc2ccnn12. The minimum absolute atomic E-state index is 0.0863. The molecule has 0 bridgehead atoms. The van der Waals surface area contributed by atoms with Gasteiger partial charge in [-0.3, -0.25) is 4.79 Å². The molecular formula is C19H22N4OS. The summed E-state index contributed by atoms with van der Waals surface area (Å²) in [6.45, 7) is 2.87. The monoisotopic (exact) mass is 354 g/mol. The van der Waals surface area contributed by atoms with Crippen molar-refractivity contribution in [3.8, 4) is 0 Å². The third-order valence-corrected chi connectivity index (χ3v) is 5.82. The van der Waals surface area contributed by atoms with E-state index in [-0.39, 0.29) is 11.9 Å². The van der Waals surface area contributed by atoms with Crippen LogP contribution < -0.4 is 0 Å². The summed E-state index contributed by atoms with van der Waals surface area (Å²) in [5.74, 6) is 0.242. The van der Waals surface area contributed by atoms with Crippen LogP contribution >= 0.6 is 11.3 Å². The van der Waals surface area contributed by atoms with E-state index in [9.17, 15) is 4.79 Å². The fourth-order valence-electron chi connectivity index (χ4n) is 3.63. The standard InChI is InChI=1S/C19H22N4OS/c1-14-13-16(21-18-9-10-20-23(14)18)17-6-2-3-11-22(17)19(24)8-7-15-5-4-12-25-15/h4-5,9-10,12-13,17H,2-3,6-8,11H2,1H3/t17-/m0/s1. The summed E-state index contributed by atoms with van der Waals surface area (Å²) in [6.07, 6.45) is 6.38. The van der Waals surface area contributed by atoms with Crippen molar-refractivity contribution < 1.29 is 4.79 Å². The second kappa shape index (κ2) is 6.96. The number of carbonyl (C=O) groups excluding carboxylic acids is 1. The Morgan fingerprint density at radius 2 is 2.28 bits per heavy atom. The van der Waals surface area contributed by atoms with E-state index in [0.29, 0.717) is 6.42 Å². The number of hydrogen-bond acceptors (Lipinski definition) is 4. The Kier molecular flexibility index (Phi) is 4.53. The van der Waals surface area contributed by atoms with Crippen molar-refractivity contribution in [2.75, 3.05) is 6.54 Å². The molecule has 0 spiro atoms. The van der Waals surface area contributed by atoms with Crippen molar-refractivity contribution >= 4 is 22.9 Å². The zero-order valence-electron chi connectivity index (χ0n) is 14.4. The van der Waals surface area contributed by atoms with Crippen LogP contribution in [0.3, 0.4) is 0 Å². The number of amides is 1. The first kappa shape index (κ1) is 16.3. The van der Waals surface area contributed by atoms with Gasteiger partial charge in [0, 0.05) is 29.6 Å². The number of thiophene rings is 1. The summed E-state index contributed by atoms with van der Waals surface area (Å²) in [7, 11) is 0. The Morgan fingerprint density at radius 3 is 3.12 bits per heavy atom. The lowest BCUT2D eigenvalue weighted by Gasteiger charge is -2.35. The van der Waals surface area contributed by atoms with Crippen LogP contribution in [-0.2, 0) is 11.2 Å². The number of aryl methyl sites for hydroxylation is 2. The predicted octanol–water partition coefficient (Wildman–Crippen LogP) is 3.79. The first-order chi connectivity index (χ1) is 12.2. The molecule has 1 amide bonds. The van der Waals surface area contributed by atoms with Crippen molar-refractivity contribution in [3.63, 3.8) is 0 Å². The smallest absolute Gasteiger partial charge is 0.223 e. The van der Waals surface area contributed by atoms with Gasteiger partial charge in [-0.05, 0) is 50.1 Å². The second-order valence-electron chi connectivity index (χ2n) is 6.60. The second-order valence-corrected chi connectivity index (χ2v) is 7.63. The number of aromatic nitrogens is 3. The first-order valence-electron chi connectivity index (χ1n) is 8.85. The molecule has 0 unspecified atom stereocenters. The van der Waals surface area contributed by atoms with Gasteiger partial charge in [0.15, 0.2) is 5.65 Å². The normalized spacial score (nSPS) is 18.0. The van der Waals surface area contributed by atoms with Gasteiger partial charge in [-0.1, -0.05) is 6.07 Å². The van der Waals surface area contributed by atoms with Crippen LogP contribution in [0.25, 0.3) is 5.65 Å². The Hall–Kier alpha value is -2.21. The molecule has 130 valence electrons. The average Bonchev–Trinajstić information content (AvgIpc) is 3.31. The number of piperidine rings is 1. The lowest BCUT2D eigenvalue weighted by Crippen LogP contribution is -2.39. The molecule has 1 atom stereocenters. The summed E-state index contributed by atoms with van der Waals surface area (Å²) < 4.78 is 1.84. The molecule has 1 fully saturated rings. The van der Waals surface area contributed by atoms with Crippen molar-refractivity contribution in [1.82, 2.24) is 19.5 Å². The molecule has 1 saturated heterocycles. The van der Waals surface area contributed by atoms with Crippen molar-refractivity contribution in [1.29, 1.82) is 0 Å². The van der Waals surface area contributed by atoms with E-state index in [0.717, 1.165) is 49.3 Å². The predicted molar refractivity (Wildman–Crippen MR) is 98.7 cm³/mol. The van der Waals surface area contributed by atoms with Crippen LogP contribution in [0.5, 0.6) is 0 Å². The maximum absolute atomic E-state index is 12.9. The molecule has 4 heterocycles. The van der Waals surface area contributed by atoms with Crippen LogP contribution in [0.4, 0.5) is 0 Å².